The summed E-state index contributed by atoms with van der Waals surface area (Å²) in [6.07, 6.45) is 3.46. The molecule has 0 amide bonds. The first-order valence-electron chi connectivity index (χ1n) is 6.88. The zero-order valence-electron chi connectivity index (χ0n) is 13.2. The molecular weight excluding hydrogens is 368 g/mol. The Hall–Kier alpha value is -1.05. The summed E-state index contributed by atoms with van der Waals surface area (Å²) in [5.41, 5.74) is 1.39. The van der Waals surface area contributed by atoms with Crippen molar-refractivity contribution in [2.45, 2.75) is 38.9 Å². The molecule has 0 radical (unpaired) electrons. The third kappa shape index (κ3) is 6.81. The SMILES string of the molecule is CCOC(=O)CC(=Cc1ccnc(Br)c1)N[S+]([O-])C(C)(C)C. The lowest BCUT2D eigenvalue weighted by atomic mass is 10.2. The summed E-state index contributed by atoms with van der Waals surface area (Å²) in [5.74, 6) is -0.361. The number of carbonyl (C=O) groups is 1. The molecule has 0 saturated carbocycles. The molecule has 22 heavy (non-hydrogen) atoms. The number of carbonyl (C=O) groups excluding carboxylic acids is 1. The molecule has 0 aliphatic rings. The quantitative estimate of drug-likeness (QED) is 0.460. The number of esters is 1. The van der Waals surface area contributed by atoms with Crippen molar-refractivity contribution in [2.24, 2.45) is 0 Å². The van der Waals surface area contributed by atoms with E-state index in [1.54, 1.807) is 25.3 Å². The molecule has 7 heteroatoms. The van der Waals surface area contributed by atoms with Crippen LogP contribution >= 0.6 is 15.9 Å². The summed E-state index contributed by atoms with van der Waals surface area (Å²) in [6, 6.07) is 3.62. The van der Waals surface area contributed by atoms with E-state index in [0.29, 0.717) is 16.9 Å². The average Bonchev–Trinajstić information content (AvgIpc) is 2.37. The van der Waals surface area contributed by atoms with Crippen molar-refractivity contribution >= 4 is 39.3 Å². The van der Waals surface area contributed by atoms with Crippen LogP contribution in [0.25, 0.3) is 6.08 Å². The number of nitrogens with zero attached hydrogens (tertiary/aromatic N) is 1. The van der Waals surface area contributed by atoms with Crippen molar-refractivity contribution in [2.75, 3.05) is 6.61 Å². The topological polar surface area (TPSA) is 74.3 Å². The molecule has 1 rings (SSSR count). The van der Waals surface area contributed by atoms with Gasteiger partial charge in [-0.25, -0.2) is 9.71 Å². The van der Waals surface area contributed by atoms with E-state index in [2.05, 4.69) is 25.6 Å². The van der Waals surface area contributed by atoms with Crippen molar-refractivity contribution in [3.8, 4) is 0 Å². The lowest BCUT2D eigenvalue weighted by Gasteiger charge is -2.25. The first-order valence-corrected chi connectivity index (χ1v) is 8.83. The monoisotopic (exact) mass is 388 g/mol. The van der Waals surface area contributed by atoms with E-state index in [1.165, 1.54) is 0 Å². The largest absolute Gasteiger partial charge is 0.593 e. The van der Waals surface area contributed by atoms with Crippen LogP contribution < -0.4 is 4.72 Å². The van der Waals surface area contributed by atoms with E-state index in [9.17, 15) is 9.35 Å². The maximum absolute atomic E-state index is 12.3. The molecule has 1 atom stereocenters. The van der Waals surface area contributed by atoms with Gasteiger partial charge in [-0.1, -0.05) is 0 Å². The fourth-order valence-electron chi connectivity index (χ4n) is 1.46. The van der Waals surface area contributed by atoms with Gasteiger partial charge in [0.25, 0.3) is 0 Å². The van der Waals surface area contributed by atoms with Crippen molar-refractivity contribution < 1.29 is 14.1 Å². The first-order chi connectivity index (χ1) is 10.2. The first kappa shape index (κ1) is 19.0. The highest BCUT2D eigenvalue weighted by Gasteiger charge is 2.28. The Morgan fingerprint density at radius 1 is 1.55 bits per heavy atom. The summed E-state index contributed by atoms with van der Waals surface area (Å²) < 4.78 is 20.4. The number of hydrogen-bond donors (Lipinski definition) is 1. The third-order valence-electron chi connectivity index (χ3n) is 2.51. The van der Waals surface area contributed by atoms with Gasteiger partial charge in [-0.2, -0.15) is 0 Å². The van der Waals surface area contributed by atoms with Gasteiger partial charge < -0.3 is 9.29 Å². The number of halogens is 1. The Morgan fingerprint density at radius 3 is 2.77 bits per heavy atom. The summed E-state index contributed by atoms with van der Waals surface area (Å²) >= 11 is 1.98. The zero-order chi connectivity index (χ0) is 16.8. The third-order valence-corrected chi connectivity index (χ3v) is 4.51. The summed E-state index contributed by atoms with van der Waals surface area (Å²) in [6.45, 7) is 7.65. The minimum absolute atomic E-state index is 0.0373. The van der Waals surface area contributed by atoms with E-state index in [4.69, 9.17) is 4.74 Å². The number of aromatic nitrogens is 1. The lowest BCUT2D eigenvalue weighted by Crippen LogP contribution is -2.39. The van der Waals surface area contributed by atoms with Gasteiger partial charge in [0.2, 0.25) is 0 Å². The second kappa shape index (κ2) is 8.55. The number of ether oxygens (including phenoxy) is 1. The molecule has 1 heterocycles. The highest BCUT2D eigenvalue weighted by atomic mass is 79.9. The van der Waals surface area contributed by atoms with Crippen LogP contribution in [0.5, 0.6) is 0 Å². The van der Waals surface area contributed by atoms with Crippen molar-refractivity contribution in [3.05, 3.63) is 34.2 Å². The highest BCUT2D eigenvalue weighted by Crippen LogP contribution is 2.18. The fourth-order valence-corrected chi connectivity index (χ4v) is 2.52. The molecule has 122 valence electrons. The normalized spacial score (nSPS) is 13.6. The molecule has 0 bridgehead atoms. The van der Waals surface area contributed by atoms with Crippen molar-refractivity contribution in [3.63, 3.8) is 0 Å². The van der Waals surface area contributed by atoms with E-state index < -0.39 is 16.1 Å². The van der Waals surface area contributed by atoms with E-state index in [1.807, 2.05) is 26.8 Å². The smallest absolute Gasteiger partial charge is 0.311 e. The number of hydrogen-bond acceptors (Lipinski definition) is 5. The average molecular weight is 389 g/mol. The summed E-state index contributed by atoms with van der Waals surface area (Å²) in [5, 5.41) is 0. The number of nitrogens with one attached hydrogen (secondary N) is 1. The van der Waals surface area contributed by atoms with Gasteiger partial charge in [0.05, 0.1) is 30.1 Å². The molecule has 0 saturated heterocycles. The molecule has 5 nitrogen and oxygen atoms in total. The second-order valence-corrected chi connectivity index (χ2v) is 8.33. The molecule has 1 N–H and O–H groups in total. The van der Waals surface area contributed by atoms with Gasteiger partial charge in [0, 0.05) is 6.20 Å². The molecule has 0 aliphatic heterocycles. The number of rotatable bonds is 6. The highest BCUT2D eigenvalue weighted by molar-refractivity contribution is 9.10. The fraction of sp³-hybridized carbons (Fsp3) is 0.467. The van der Waals surface area contributed by atoms with Crippen LogP contribution in [0.4, 0.5) is 0 Å². The Labute approximate surface area is 143 Å². The molecule has 0 aliphatic carbocycles. The predicted molar refractivity (Wildman–Crippen MR) is 92.2 cm³/mol. The van der Waals surface area contributed by atoms with Crippen molar-refractivity contribution in [1.29, 1.82) is 0 Å². The van der Waals surface area contributed by atoms with E-state index >= 15 is 0 Å². The minimum atomic E-state index is -1.32. The molecule has 1 unspecified atom stereocenters. The molecular formula is C15H21BrN2O3S. The zero-order valence-corrected chi connectivity index (χ0v) is 15.6. The van der Waals surface area contributed by atoms with E-state index in [-0.39, 0.29) is 12.4 Å². The molecule has 0 spiro atoms. The molecule has 1 aromatic rings. The van der Waals surface area contributed by atoms with Gasteiger partial charge >= 0.3 is 5.97 Å². The van der Waals surface area contributed by atoms with Crippen LogP contribution in [0.3, 0.4) is 0 Å². The number of pyridine rings is 1. The lowest BCUT2D eigenvalue weighted by molar-refractivity contribution is -0.142. The van der Waals surface area contributed by atoms with Gasteiger partial charge in [0.1, 0.15) is 9.35 Å². The molecule has 0 fully saturated rings. The summed E-state index contributed by atoms with van der Waals surface area (Å²) in [4.78, 5) is 15.8. The maximum Gasteiger partial charge on any atom is 0.311 e. The van der Waals surface area contributed by atoms with Gasteiger partial charge in [0.15, 0.2) is 0 Å². The van der Waals surface area contributed by atoms with Crippen LogP contribution in [-0.4, -0.2) is 26.9 Å². The standard InChI is InChI=1S/C15H21BrN2O3S/c1-5-21-14(19)10-12(18-22(20)15(2,3)4)8-11-6-7-17-13(16)9-11/h6-9,18H,5,10H2,1-4H3. The van der Waals surface area contributed by atoms with Gasteiger partial charge in [-0.15, -0.1) is 0 Å². The maximum atomic E-state index is 12.3. The second-order valence-electron chi connectivity index (χ2n) is 5.55. The van der Waals surface area contributed by atoms with E-state index in [0.717, 1.165) is 5.56 Å². The predicted octanol–water partition coefficient (Wildman–Crippen LogP) is 3.19. The Balaban J connectivity index is 2.97. The molecule has 1 aromatic heterocycles. The van der Waals surface area contributed by atoms with Crippen LogP contribution in [0.15, 0.2) is 28.6 Å². The van der Waals surface area contributed by atoms with Gasteiger partial charge in [-0.05, 0) is 67.4 Å². The van der Waals surface area contributed by atoms with Crippen molar-refractivity contribution in [1.82, 2.24) is 9.71 Å². The van der Waals surface area contributed by atoms with Crippen LogP contribution in [0.1, 0.15) is 39.7 Å². The van der Waals surface area contributed by atoms with Crippen LogP contribution in [0, 0.1) is 0 Å². The Bertz CT molecular complexity index is 544. The Kier molecular flexibility index (Phi) is 7.38. The van der Waals surface area contributed by atoms with Crippen LogP contribution in [0.2, 0.25) is 0 Å². The van der Waals surface area contributed by atoms with Crippen LogP contribution in [-0.2, 0) is 20.9 Å². The molecule has 0 aromatic carbocycles. The Morgan fingerprint density at radius 2 is 2.23 bits per heavy atom. The van der Waals surface area contributed by atoms with Gasteiger partial charge in [-0.3, -0.25) is 4.79 Å². The minimum Gasteiger partial charge on any atom is -0.593 e. The summed E-state index contributed by atoms with van der Waals surface area (Å²) in [7, 11) is 0.